The molecule has 1 unspecified atom stereocenters. The van der Waals surface area contributed by atoms with Crippen molar-refractivity contribution in [1.82, 2.24) is 4.98 Å². The van der Waals surface area contributed by atoms with Gasteiger partial charge in [0.05, 0.1) is 5.69 Å². The normalized spacial score (nSPS) is 21.6. The van der Waals surface area contributed by atoms with Crippen molar-refractivity contribution in [3.63, 3.8) is 0 Å². The summed E-state index contributed by atoms with van der Waals surface area (Å²) in [5, 5.41) is 1.11. The van der Waals surface area contributed by atoms with Crippen LogP contribution < -0.4 is 5.73 Å². The van der Waals surface area contributed by atoms with Gasteiger partial charge in [0.15, 0.2) is 0 Å². The fourth-order valence-corrected chi connectivity index (χ4v) is 3.79. The van der Waals surface area contributed by atoms with Crippen LogP contribution in [-0.4, -0.2) is 4.98 Å². The van der Waals surface area contributed by atoms with E-state index in [0.29, 0.717) is 0 Å². The summed E-state index contributed by atoms with van der Waals surface area (Å²) >= 11 is 1.76. The lowest BCUT2D eigenvalue weighted by Crippen LogP contribution is -2.28. The highest BCUT2D eigenvalue weighted by Gasteiger charge is 2.33. The van der Waals surface area contributed by atoms with Crippen LogP contribution in [0.3, 0.4) is 0 Å². The van der Waals surface area contributed by atoms with Crippen LogP contribution in [-0.2, 0) is 6.42 Å². The molecule has 0 saturated carbocycles. The fraction of sp³-hybridized carbons (Fsp3) is 0.400. The lowest BCUT2D eigenvalue weighted by Gasteiger charge is -2.32. The summed E-state index contributed by atoms with van der Waals surface area (Å²) in [6.45, 7) is 4.55. The van der Waals surface area contributed by atoms with Crippen molar-refractivity contribution in [3.8, 4) is 10.6 Å². The summed E-state index contributed by atoms with van der Waals surface area (Å²) in [6, 6.07) is 10.5. The smallest absolute Gasteiger partial charge is 0.123 e. The molecule has 3 rings (SSSR count). The molecule has 2 N–H and O–H groups in total. The van der Waals surface area contributed by atoms with Crippen molar-refractivity contribution < 1.29 is 0 Å². The first kappa shape index (κ1) is 11.9. The van der Waals surface area contributed by atoms with Gasteiger partial charge in [-0.25, -0.2) is 4.98 Å². The molecule has 2 nitrogen and oxygen atoms in total. The molecule has 1 aliphatic carbocycles. The molecule has 1 aromatic carbocycles. The van der Waals surface area contributed by atoms with E-state index < -0.39 is 0 Å². The predicted molar refractivity (Wildman–Crippen MR) is 76.6 cm³/mol. The zero-order valence-corrected chi connectivity index (χ0v) is 11.6. The molecule has 0 bridgehead atoms. The molecule has 0 amide bonds. The van der Waals surface area contributed by atoms with E-state index in [-0.39, 0.29) is 11.5 Å². The summed E-state index contributed by atoms with van der Waals surface area (Å²) in [6.07, 6.45) is 2.09. The fourth-order valence-electron chi connectivity index (χ4n) is 2.70. The first-order valence-corrected chi connectivity index (χ1v) is 7.17. The van der Waals surface area contributed by atoms with Gasteiger partial charge in [0.1, 0.15) is 5.01 Å². The van der Waals surface area contributed by atoms with Gasteiger partial charge in [-0.3, -0.25) is 0 Å². The Labute approximate surface area is 112 Å². The molecular weight excluding hydrogens is 240 g/mol. The Bertz CT molecular complexity index is 557. The summed E-state index contributed by atoms with van der Waals surface area (Å²) < 4.78 is 0. The summed E-state index contributed by atoms with van der Waals surface area (Å²) in [5.74, 6) is 0. The van der Waals surface area contributed by atoms with Crippen LogP contribution in [0.2, 0.25) is 0 Å². The van der Waals surface area contributed by atoms with Crippen molar-refractivity contribution in [1.29, 1.82) is 0 Å². The maximum atomic E-state index is 6.28. The standard InChI is InChI=1S/C15H18N2S/c1-15(2)8-11(16)13-12(9-15)17-14(18-13)10-6-4-3-5-7-10/h3-7,11H,8-9,16H2,1-2H3. The highest BCUT2D eigenvalue weighted by molar-refractivity contribution is 7.15. The van der Waals surface area contributed by atoms with Crippen LogP contribution >= 0.6 is 11.3 Å². The van der Waals surface area contributed by atoms with E-state index in [4.69, 9.17) is 10.7 Å². The minimum absolute atomic E-state index is 0.152. The Balaban J connectivity index is 2.03. The van der Waals surface area contributed by atoms with Crippen LogP contribution in [0, 0.1) is 5.41 Å². The minimum Gasteiger partial charge on any atom is -0.323 e. The monoisotopic (exact) mass is 258 g/mol. The van der Waals surface area contributed by atoms with Crippen LogP contribution in [0.15, 0.2) is 30.3 Å². The number of fused-ring (bicyclic) bond motifs is 1. The van der Waals surface area contributed by atoms with Gasteiger partial charge in [-0.2, -0.15) is 0 Å². The zero-order chi connectivity index (χ0) is 12.8. The molecule has 1 atom stereocenters. The van der Waals surface area contributed by atoms with Gasteiger partial charge in [-0.1, -0.05) is 44.2 Å². The van der Waals surface area contributed by atoms with Crippen molar-refractivity contribution in [2.24, 2.45) is 11.1 Å². The summed E-state index contributed by atoms with van der Waals surface area (Å²) in [5.41, 5.74) is 8.96. The van der Waals surface area contributed by atoms with Crippen LogP contribution in [0.1, 0.15) is 36.9 Å². The number of benzene rings is 1. The van der Waals surface area contributed by atoms with Crippen molar-refractivity contribution in [3.05, 3.63) is 40.9 Å². The van der Waals surface area contributed by atoms with Gasteiger partial charge in [0.2, 0.25) is 0 Å². The van der Waals surface area contributed by atoms with Crippen LogP contribution in [0.5, 0.6) is 0 Å². The zero-order valence-electron chi connectivity index (χ0n) is 10.8. The second-order valence-corrected chi connectivity index (χ2v) is 6.88. The third-order valence-corrected chi connectivity index (χ3v) is 4.78. The molecule has 0 spiro atoms. The SMILES string of the molecule is CC1(C)Cc2nc(-c3ccccc3)sc2C(N)C1. The number of nitrogens with two attached hydrogens (primary N) is 1. The molecule has 18 heavy (non-hydrogen) atoms. The molecule has 0 radical (unpaired) electrons. The summed E-state index contributed by atoms with van der Waals surface area (Å²) in [4.78, 5) is 6.09. The molecule has 94 valence electrons. The quantitative estimate of drug-likeness (QED) is 0.845. The average Bonchev–Trinajstić information content (AvgIpc) is 2.72. The predicted octanol–water partition coefficient (Wildman–Crippen LogP) is 3.78. The average molecular weight is 258 g/mol. The van der Waals surface area contributed by atoms with E-state index in [0.717, 1.165) is 17.8 Å². The van der Waals surface area contributed by atoms with E-state index in [9.17, 15) is 0 Å². The van der Waals surface area contributed by atoms with Gasteiger partial charge >= 0.3 is 0 Å². The molecule has 1 heterocycles. The maximum absolute atomic E-state index is 6.28. The lowest BCUT2D eigenvalue weighted by atomic mass is 9.77. The lowest BCUT2D eigenvalue weighted by molar-refractivity contribution is 0.282. The Morgan fingerprint density at radius 3 is 2.72 bits per heavy atom. The van der Waals surface area contributed by atoms with Crippen molar-refractivity contribution in [2.75, 3.05) is 0 Å². The van der Waals surface area contributed by atoms with E-state index in [2.05, 4.69) is 38.1 Å². The second kappa shape index (κ2) is 4.18. The molecule has 2 aromatic rings. The Morgan fingerprint density at radius 1 is 1.28 bits per heavy atom. The van der Waals surface area contributed by atoms with E-state index in [1.807, 2.05) is 6.07 Å². The third-order valence-electron chi connectivity index (χ3n) is 3.50. The molecule has 0 aliphatic heterocycles. The maximum Gasteiger partial charge on any atom is 0.123 e. The first-order valence-electron chi connectivity index (χ1n) is 6.36. The first-order chi connectivity index (χ1) is 8.55. The number of nitrogens with zero attached hydrogens (tertiary/aromatic N) is 1. The highest BCUT2D eigenvalue weighted by Crippen LogP contribution is 2.43. The van der Waals surface area contributed by atoms with Gasteiger partial charge < -0.3 is 5.73 Å². The number of hydrogen-bond acceptors (Lipinski definition) is 3. The minimum atomic E-state index is 0.152. The topological polar surface area (TPSA) is 38.9 Å². The van der Waals surface area contributed by atoms with Gasteiger partial charge in [0.25, 0.3) is 0 Å². The Kier molecular flexibility index (Phi) is 2.76. The van der Waals surface area contributed by atoms with Crippen molar-refractivity contribution in [2.45, 2.75) is 32.7 Å². The molecule has 1 aliphatic rings. The van der Waals surface area contributed by atoms with Gasteiger partial charge in [-0.15, -0.1) is 11.3 Å². The number of rotatable bonds is 1. The molecule has 0 saturated heterocycles. The van der Waals surface area contributed by atoms with E-state index >= 15 is 0 Å². The molecular formula is C15H18N2S. The van der Waals surface area contributed by atoms with Crippen LogP contribution in [0.4, 0.5) is 0 Å². The van der Waals surface area contributed by atoms with Gasteiger partial charge in [0, 0.05) is 16.5 Å². The number of thiazole rings is 1. The van der Waals surface area contributed by atoms with Crippen LogP contribution in [0.25, 0.3) is 10.6 Å². The molecule has 0 fully saturated rings. The third kappa shape index (κ3) is 2.08. The Hall–Kier alpha value is -1.19. The largest absolute Gasteiger partial charge is 0.323 e. The molecule has 3 heteroatoms. The number of aromatic nitrogens is 1. The van der Waals surface area contributed by atoms with Gasteiger partial charge in [-0.05, 0) is 18.3 Å². The highest BCUT2D eigenvalue weighted by atomic mass is 32.1. The van der Waals surface area contributed by atoms with E-state index in [1.165, 1.54) is 16.1 Å². The molecule has 1 aromatic heterocycles. The summed E-state index contributed by atoms with van der Waals surface area (Å²) in [7, 11) is 0. The number of hydrogen-bond donors (Lipinski definition) is 1. The second-order valence-electron chi connectivity index (χ2n) is 5.85. The Morgan fingerprint density at radius 2 is 2.00 bits per heavy atom. The van der Waals surface area contributed by atoms with E-state index in [1.54, 1.807) is 11.3 Å². The van der Waals surface area contributed by atoms with Crippen molar-refractivity contribution >= 4 is 11.3 Å².